The lowest BCUT2D eigenvalue weighted by atomic mass is 10.0. The SMILES string of the molecule is Cc1c(-c2ccccc2)cnc2[nH]c(=O)[nH]c12. The maximum Gasteiger partial charge on any atom is 0.325 e. The van der Waals surface area contributed by atoms with Crippen LogP contribution in [0.1, 0.15) is 5.56 Å². The highest BCUT2D eigenvalue weighted by Gasteiger charge is 2.08. The number of pyridine rings is 1. The first kappa shape index (κ1) is 9.84. The molecule has 0 saturated carbocycles. The molecule has 3 rings (SSSR count). The maximum atomic E-state index is 11.2. The molecule has 0 spiro atoms. The Morgan fingerprint density at radius 1 is 1.12 bits per heavy atom. The normalized spacial score (nSPS) is 10.9. The lowest BCUT2D eigenvalue weighted by Crippen LogP contribution is -1.99. The average Bonchev–Trinajstić information content (AvgIpc) is 2.72. The van der Waals surface area contributed by atoms with Crippen LogP contribution in [0.25, 0.3) is 22.3 Å². The van der Waals surface area contributed by atoms with Crippen molar-refractivity contribution in [3.63, 3.8) is 0 Å². The molecule has 0 bridgehead atoms. The molecule has 4 heteroatoms. The third kappa shape index (κ3) is 1.54. The molecular formula is C13H11N3O. The Bertz CT molecular complexity index is 725. The summed E-state index contributed by atoms with van der Waals surface area (Å²) >= 11 is 0. The molecule has 0 aliphatic heterocycles. The quantitative estimate of drug-likeness (QED) is 0.667. The van der Waals surface area contributed by atoms with E-state index in [1.54, 1.807) is 6.20 Å². The van der Waals surface area contributed by atoms with Crippen molar-refractivity contribution >= 4 is 11.2 Å². The van der Waals surface area contributed by atoms with Crippen molar-refractivity contribution in [1.82, 2.24) is 15.0 Å². The number of aryl methyl sites for hydroxylation is 1. The Labute approximate surface area is 97.3 Å². The van der Waals surface area contributed by atoms with E-state index in [2.05, 4.69) is 15.0 Å². The van der Waals surface area contributed by atoms with Gasteiger partial charge < -0.3 is 4.98 Å². The second-order valence-electron chi connectivity index (χ2n) is 3.97. The predicted octanol–water partition coefficient (Wildman–Crippen LogP) is 2.23. The number of H-pyrrole nitrogens is 2. The van der Waals surface area contributed by atoms with Crippen LogP contribution in [0, 0.1) is 6.92 Å². The zero-order chi connectivity index (χ0) is 11.8. The number of hydrogen-bond donors (Lipinski definition) is 2. The average molecular weight is 225 g/mol. The number of fused-ring (bicyclic) bond motifs is 1. The summed E-state index contributed by atoms with van der Waals surface area (Å²) in [5, 5.41) is 0. The van der Waals surface area contributed by atoms with Crippen molar-refractivity contribution in [2.24, 2.45) is 0 Å². The van der Waals surface area contributed by atoms with Gasteiger partial charge in [0.1, 0.15) is 0 Å². The molecule has 0 unspecified atom stereocenters. The van der Waals surface area contributed by atoms with Gasteiger partial charge >= 0.3 is 5.69 Å². The van der Waals surface area contributed by atoms with Crippen molar-refractivity contribution < 1.29 is 0 Å². The maximum absolute atomic E-state index is 11.2. The van der Waals surface area contributed by atoms with Crippen LogP contribution in [-0.4, -0.2) is 15.0 Å². The standard InChI is InChI=1S/C13H11N3O/c1-8-10(9-5-3-2-4-6-9)7-14-12-11(8)15-13(17)16-12/h2-7H,1H3,(H2,14,15,16,17). The monoisotopic (exact) mass is 225 g/mol. The number of aromatic nitrogens is 3. The zero-order valence-electron chi connectivity index (χ0n) is 9.32. The third-order valence-corrected chi connectivity index (χ3v) is 2.89. The summed E-state index contributed by atoms with van der Waals surface area (Å²) in [5.74, 6) is 0. The fourth-order valence-corrected chi connectivity index (χ4v) is 2.01. The first-order valence-corrected chi connectivity index (χ1v) is 5.39. The van der Waals surface area contributed by atoms with Gasteiger partial charge in [0.25, 0.3) is 0 Å². The number of nitrogens with one attached hydrogen (secondary N) is 2. The Morgan fingerprint density at radius 2 is 1.88 bits per heavy atom. The van der Waals surface area contributed by atoms with Gasteiger partial charge in [-0.1, -0.05) is 30.3 Å². The van der Waals surface area contributed by atoms with Gasteiger partial charge in [0.05, 0.1) is 5.52 Å². The summed E-state index contributed by atoms with van der Waals surface area (Å²) in [6.45, 7) is 1.98. The molecule has 0 aliphatic rings. The van der Waals surface area contributed by atoms with Crippen molar-refractivity contribution in [3.05, 3.63) is 52.6 Å². The van der Waals surface area contributed by atoms with E-state index in [1.165, 1.54) is 0 Å². The number of imidazole rings is 1. The van der Waals surface area contributed by atoms with Gasteiger partial charge in [0.15, 0.2) is 5.65 Å². The smallest absolute Gasteiger partial charge is 0.304 e. The summed E-state index contributed by atoms with van der Waals surface area (Å²) < 4.78 is 0. The number of hydrogen-bond acceptors (Lipinski definition) is 2. The Balaban J connectivity index is 2.32. The summed E-state index contributed by atoms with van der Waals surface area (Å²) in [6, 6.07) is 10.0. The first-order valence-electron chi connectivity index (χ1n) is 5.39. The molecule has 4 nitrogen and oxygen atoms in total. The minimum absolute atomic E-state index is 0.221. The summed E-state index contributed by atoms with van der Waals surface area (Å²) in [6.07, 6.45) is 1.79. The molecule has 0 radical (unpaired) electrons. The number of benzene rings is 1. The number of nitrogens with zero attached hydrogens (tertiary/aromatic N) is 1. The Hall–Kier alpha value is -2.36. The van der Waals surface area contributed by atoms with E-state index < -0.39 is 0 Å². The van der Waals surface area contributed by atoms with E-state index >= 15 is 0 Å². The van der Waals surface area contributed by atoms with E-state index in [1.807, 2.05) is 37.3 Å². The minimum atomic E-state index is -0.221. The molecule has 2 aromatic heterocycles. The van der Waals surface area contributed by atoms with E-state index in [-0.39, 0.29) is 5.69 Å². The van der Waals surface area contributed by atoms with Crippen molar-refractivity contribution in [2.45, 2.75) is 6.92 Å². The Kier molecular flexibility index (Phi) is 2.08. The highest BCUT2D eigenvalue weighted by molar-refractivity contribution is 5.82. The van der Waals surface area contributed by atoms with Crippen LogP contribution in [0.15, 0.2) is 41.3 Å². The fourth-order valence-electron chi connectivity index (χ4n) is 2.01. The predicted molar refractivity (Wildman–Crippen MR) is 66.9 cm³/mol. The molecule has 0 fully saturated rings. The van der Waals surface area contributed by atoms with Gasteiger partial charge in [-0.05, 0) is 18.1 Å². The third-order valence-electron chi connectivity index (χ3n) is 2.89. The second-order valence-corrected chi connectivity index (χ2v) is 3.97. The molecule has 1 aromatic carbocycles. The lowest BCUT2D eigenvalue weighted by molar-refractivity contribution is 1.20. The number of aromatic amines is 2. The van der Waals surface area contributed by atoms with Gasteiger partial charge in [-0.3, -0.25) is 4.98 Å². The van der Waals surface area contributed by atoms with E-state index in [4.69, 9.17) is 0 Å². The van der Waals surface area contributed by atoms with Crippen LogP contribution in [0.3, 0.4) is 0 Å². The topological polar surface area (TPSA) is 61.5 Å². The molecule has 2 heterocycles. The van der Waals surface area contributed by atoms with Crippen LogP contribution < -0.4 is 5.69 Å². The Morgan fingerprint density at radius 3 is 2.65 bits per heavy atom. The molecule has 17 heavy (non-hydrogen) atoms. The summed E-state index contributed by atoms with van der Waals surface area (Å²) in [4.78, 5) is 20.9. The van der Waals surface area contributed by atoms with Crippen LogP contribution in [-0.2, 0) is 0 Å². The molecule has 3 aromatic rings. The summed E-state index contributed by atoms with van der Waals surface area (Å²) in [5.41, 5.74) is 4.32. The van der Waals surface area contributed by atoms with Gasteiger partial charge in [0.2, 0.25) is 0 Å². The second kappa shape index (κ2) is 3.59. The molecular weight excluding hydrogens is 214 g/mol. The summed E-state index contributed by atoms with van der Waals surface area (Å²) in [7, 11) is 0. The highest BCUT2D eigenvalue weighted by Crippen LogP contribution is 2.25. The highest BCUT2D eigenvalue weighted by atomic mass is 16.1. The molecule has 0 atom stereocenters. The van der Waals surface area contributed by atoms with E-state index in [0.29, 0.717) is 5.65 Å². The molecule has 84 valence electrons. The van der Waals surface area contributed by atoms with Crippen molar-refractivity contribution in [2.75, 3.05) is 0 Å². The van der Waals surface area contributed by atoms with Crippen LogP contribution in [0.4, 0.5) is 0 Å². The van der Waals surface area contributed by atoms with Gasteiger partial charge in [-0.15, -0.1) is 0 Å². The van der Waals surface area contributed by atoms with Crippen LogP contribution >= 0.6 is 0 Å². The number of rotatable bonds is 1. The van der Waals surface area contributed by atoms with E-state index in [9.17, 15) is 4.79 Å². The van der Waals surface area contributed by atoms with Crippen LogP contribution in [0.2, 0.25) is 0 Å². The lowest BCUT2D eigenvalue weighted by Gasteiger charge is -2.05. The van der Waals surface area contributed by atoms with Crippen molar-refractivity contribution in [3.8, 4) is 11.1 Å². The molecule has 0 aliphatic carbocycles. The molecule has 0 amide bonds. The molecule has 0 saturated heterocycles. The van der Waals surface area contributed by atoms with Gasteiger partial charge in [0, 0.05) is 11.8 Å². The van der Waals surface area contributed by atoms with Crippen molar-refractivity contribution in [1.29, 1.82) is 0 Å². The minimum Gasteiger partial charge on any atom is -0.304 e. The molecule has 2 N–H and O–H groups in total. The zero-order valence-corrected chi connectivity index (χ0v) is 9.32. The largest absolute Gasteiger partial charge is 0.325 e. The first-order chi connectivity index (χ1) is 8.25. The van der Waals surface area contributed by atoms with Gasteiger partial charge in [-0.25, -0.2) is 9.78 Å². The van der Waals surface area contributed by atoms with E-state index in [0.717, 1.165) is 22.2 Å². The van der Waals surface area contributed by atoms with Crippen LogP contribution in [0.5, 0.6) is 0 Å². The van der Waals surface area contributed by atoms with Gasteiger partial charge in [-0.2, -0.15) is 0 Å². The fraction of sp³-hybridized carbons (Fsp3) is 0.0769.